The fourth-order valence-electron chi connectivity index (χ4n) is 2.53. The molecule has 2 rings (SSSR count). The molecule has 1 heterocycles. The van der Waals surface area contributed by atoms with Crippen molar-refractivity contribution in [3.05, 3.63) is 29.8 Å². The van der Waals surface area contributed by atoms with Gasteiger partial charge in [0, 0.05) is 13.1 Å². The Kier molecular flexibility index (Phi) is 8.44. The summed E-state index contributed by atoms with van der Waals surface area (Å²) in [6.07, 6.45) is 3.91. The van der Waals surface area contributed by atoms with E-state index in [4.69, 9.17) is 4.74 Å². The molecule has 0 aliphatic carbocycles. The summed E-state index contributed by atoms with van der Waals surface area (Å²) in [5.41, 5.74) is 1.37. The molecule has 1 unspecified atom stereocenters. The van der Waals surface area contributed by atoms with Gasteiger partial charge in [-0.2, -0.15) is 0 Å². The quantitative estimate of drug-likeness (QED) is 0.748. The minimum absolute atomic E-state index is 0.375. The van der Waals surface area contributed by atoms with Gasteiger partial charge in [0.15, 0.2) is 0 Å². The van der Waals surface area contributed by atoms with Gasteiger partial charge in [-0.15, -0.1) is 0 Å². The molecule has 0 saturated carbocycles. The molecular weight excluding hydrogens is 258 g/mol. The summed E-state index contributed by atoms with van der Waals surface area (Å²) in [5, 5.41) is 0. The summed E-state index contributed by atoms with van der Waals surface area (Å²) < 4.78 is 6.07. The second kappa shape index (κ2) is 9.83. The summed E-state index contributed by atoms with van der Waals surface area (Å²) in [6.45, 7) is 14.2. The number of benzene rings is 1. The molecular formula is C19H33NO. The molecule has 0 aromatic heterocycles. The van der Waals surface area contributed by atoms with Gasteiger partial charge in [0.1, 0.15) is 11.9 Å². The smallest absolute Gasteiger partial charge is 0.119 e. The number of ether oxygens (including phenoxy) is 1. The van der Waals surface area contributed by atoms with Gasteiger partial charge < -0.3 is 4.74 Å². The summed E-state index contributed by atoms with van der Waals surface area (Å²) in [5.74, 6) is 1.81. The van der Waals surface area contributed by atoms with Gasteiger partial charge in [-0.25, -0.2) is 0 Å². The van der Waals surface area contributed by atoms with Crippen LogP contribution in [0.3, 0.4) is 0 Å². The van der Waals surface area contributed by atoms with Crippen LogP contribution in [0.2, 0.25) is 0 Å². The van der Waals surface area contributed by atoms with Crippen molar-refractivity contribution in [2.75, 3.05) is 19.6 Å². The highest BCUT2D eigenvalue weighted by atomic mass is 16.5. The van der Waals surface area contributed by atoms with Crippen molar-refractivity contribution in [3.8, 4) is 5.75 Å². The SMILES string of the molecule is CC.CCc1ccc(OC2CCN(CCC(C)C)C2)cc1. The Morgan fingerprint density at radius 3 is 2.43 bits per heavy atom. The molecule has 0 N–H and O–H groups in total. The van der Waals surface area contributed by atoms with Crippen LogP contribution in [-0.4, -0.2) is 30.6 Å². The highest BCUT2D eigenvalue weighted by Gasteiger charge is 2.23. The fraction of sp³-hybridized carbons (Fsp3) is 0.684. The first-order valence-corrected chi connectivity index (χ1v) is 8.65. The van der Waals surface area contributed by atoms with Crippen molar-refractivity contribution in [1.29, 1.82) is 0 Å². The van der Waals surface area contributed by atoms with E-state index in [0.29, 0.717) is 6.10 Å². The maximum atomic E-state index is 6.07. The Hall–Kier alpha value is -1.02. The maximum absolute atomic E-state index is 6.07. The zero-order chi connectivity index (χ0) is 15.7. The zero-order valence-electron chi connectivity index (χ0n) is 14.6. The molecule has 2 nitrogen and oxygen atoms in total. The van der Waals surface area contributed by atoms with Crippen LogP contribution in [0.25, 0.3) is 0 Å². The van der Waals surface area contributed by atoms with Crippen LogP contribution in [0, 0.1) is 5.92 Å². The van der Waals surface area contributed by atoms with E-state index in [0.717, 1.165) is 31.1 Å². The Balaban J connectivity index is 0.00000106. The van der Waals surface area contributed by atoms with E-state index in [1.165, 1.54) is 25.1 Å². The van der Waals surface area contributed by atoms with Gasteiger partial charge >= 0.3 is 0 Å². The largest absolute Gasteiger partial charge is 0.489 e. The van der Waals surface area contributed by atoms with Crippen LogP contribution in [-0.2, 0) is 6.42 Å². The molecule has 0 amide bonds. The van der Waals surface area contributed by atoms with Crippen LogP contribution in [0.15, 0.2) is 24.3 Å². The van der Waals surface area contributed by atoms with E-state index >= 15 is 0 Å². The molecule has 1 saturated heterocycles. The molecule has 0 radical (unpaired) electrons. The normalized spacial score (nSPS) is 18.5. The van der Waals surface area contributed by atoms with Gasteiger partial charge in [-0.05, 0) is 49.4 Å². The summed E-state index contributed by atoms with van der Waals surface area (Å²) in [7, 11) is 0. The van der Waals surface area contributed by atoms with Gasteiger partial charge in [-0.1, -0.05) is 46.8 Å². The Labute approximate surface area is 131 Å². The number of hydrogen-bond acceptors (Lipinski definition) is 2. The third-order valence-electron chi connectivity index (χ3n) is 3.89. The second-order valence-corrected chi connectivity index (χ2v) is 6.01. The first-order chi connectivity index (χ1) is 10.2. The third-order valence-corrected chi connectivity index (χ3v) is 3.89. The standard InChI is InChI=1S/C17H27NO.C2H6/c1-4-15-5-7-16(8-6-15)19-17-10-12-18(13-17)11-9-14(2)3;1-2/h5-8,14,17H,4,9-13H2,1-3H3;1-2H3. The number of aryl methyl sites for hydroxylation is 1. The van der Waals surface area contributed by atoms with Crippen molar-refractivity contribution in [2.24, 2.45) is 5.92 Å². The van der Waals surface area contributed by atoms with Gasteiger partial charge in [0.05, 0.1) is 0 Å². The topological polar surface area (TPSA) is 12.5 Å². The number of rotatable bonds is 6. The van der Waals surface area contributed by atoms with Crippen LogP contribution >= 0.6 is 0 Å². The second-order valence-electron chi connectivity index (χ2n) is 6.01. The molecule has 1 aromatic carbocycles. The Bertz CT molecular complexity index is 372. The van der Waals surface area contributed by atoms with E-state index < -0.39 is 0 Å². The lowest BCUT2D eigenvalue weighted by Gasteiger charge is -2.18. The predicted octanol–water partition coefficient (Wildman–Crippen LogP) is 4.77. The van der Waals surface area contributed by atoms with Gasteiger partial charge in [-0.3, -0.25) is 4.90 Å². The number of nitrogens with zero attached hydrogens (tertiary/aromatic N) is 1. The summed E-state index contributed by atoms with van der Waals surface area (Å²) >= 11 is 0. The minimum atomic E-state index is 0.375. The van der Waals surface area contributed by atoms with Crippen molar-refractivity contribution in [2.45, 2.75) is 60.0 Å². The lowest BCUT2D eigenvalue weighted by Crippen LogP contribution is -2.26. The minimum Gasteiger partial charge on any atom is -0.489 e. The van der Waals surface area contributed by atoms with Crippen LogP contribution < -0.4 is 4.74 Å². The van der Waals surface area contributed by atoms with Crippen LogP contribution in [0.5, 0.6) is 5.75 Å². The van der Waals surface area contributed by atoms with E-state index in [1.807, 2.05) is 13.8 Å². The Morgan fingerprint density at radius 1 is 1.19 bits per heavy atom. The lowest BCUT2D eigenvalue weighted by atomic mass is 10.1. The monoisotopic (exact) mass is 291 g/mol. The maximum Gasteiger partial charge on any atom is 0.119 e. The van der Waals surface area contributed by atoms with E-state index in [9.17, 15) is 0 Å². The summed E-state index contributed by atoms with van der Waals surface area (Å²) in [6, 6.07) is 8.55. The van der Waals surface area contributed by atoms with Crippen LogP contribution in [0.4, 0.5) is 0 Å². The molecule has 1 aromatic rings. The molecule has 1 fully saturated rings. The average Bonchev–Trinajstić information content (AvgIpc) is 2.95. The van der Waals surface area contributed by atoms with Gasteiger partial charge in [0.25, 0.3) is 0 Å². The third kappa shape index (κ3) is 6.52. The molecule has 1 aliphatic heterocycles. The first kappa shape index (κ1) is 18.0. The number of likely N-dealkylation sites (tertiary alicyclic amines) is 1. The highest BCUT2D eigenvalue weighted by Crippen LogP contribution is 2.19. The molecule has 1 aliphatic rings. The van der Waals surface area contributed by atoms with Gasteiger partial charge in [0.2, 0.25) is 0 Å². The molecule has 1 atom stereocenters. The summed E-state index contributed by atoms with van der Waals surface area (Å²) in [4.78, 5) is 2.53. The highest BCUT2D eigenvalue weighted by molar-refractivity contribution is 5.27. The number of hydrogen-bond donors (Lipinski definition) is 0. The molecule has 2 heteroatoms. The molecule has 21 heavy (non-hydrogen) atoms. The van der Waals surface area contributed by atoms with E-state index in [2.05, 4.69) is 49.9 Å². The predicted molar refractivity (Wildman–Crippen MR) is 92.1 cm³/mol. The zero-order valence-corrected chi connectivity index (χ0v) is 14.6. The molecule has 120 valence electrons. The fourth-order valence-corrected chi connectivity index (χ4v) is 2.53. The Morgan fingerprint density at radius 2 is 1.86 bits per heavy atom. The van der Waals surface area contributed by atoms with E-state index in [-0.39, 0.29) is 0 Å². The molecule has 0 bridgehead atoms. The van der Waals surface area contributed by atoms with Crippen molar-refractivity contribution >= 4 is 0 Å². The van der Waals surface area contributed by atoms with Crippen molar-refractivity contribution in [1.82, 2.24) is 4.90 Å². The average molecular weight is 291 g/mol. The van der Waals surface area contributed by atoms with Crippen molar-refractivity contribution < 1.29 is 4.74 Å². The lowest BCUT2D eigenvalue weighted by molar-refractivity contribution is 0.198. The van der Waals surface area contributed by atoms with Crippen molar-refractivity contribution in [3.63, 3.8) is 0 Å². The first-order valence-electron chi connectivity index (χ1n) is 8.65. The molecule has 0 spiro atoms. The van der Waals surface area contributed by atoms with E-state index in [1.54, 1.807) is 0 Å². The van der Waals surface area contributed by atoms with Crippen LogP contribution in [0.1, 0.15) is 53.0 Å².